The van der Waals surface area contributed by atoms with Gasteiger partial charge in [-0.05, 0) is 31.9 Å². The van der Waals surface area contributed by atoms with Crippen LogP contribution in [0.25, 0.3) is 11.0 Å². The monoisotopic (exact) mass is 336 g/mol. The summed E-state index contributed by atoms with van der Waals surface area (Å²) in [6.07, 6.45) is 5.66. The van der Waals surface area contributed by atoms with Gasteiger partial charge in [-0.25, -0.2) is 14.6 Å². The van der Waals surface area contributed by atoms with E-state index in [0.717, 1.165) is 35.5 Å². The van der Waals surface area contributed by atoms with Crippen LogP contribution in [0.3, 0.4) is 0 Å². The van der Waals surface area contributed by atoms with E-state index < -0.39 is 0 Å². The molecule has 0 bridgehead atoms. The number of amides is 1. The molecule has 25 heavy (non-hydrogen) atoms. The van der Waals surface area contributed by atoms with Gasteiger partial charge in [0.05, 0.1) is 11.6 Å². The molecule has 0 radical (unpaired) electrons. The summed E-state index contributed by atoms with van der Waals surface area (Å²) in [6, 6.07) is 7.72. The highest BCUT2D eigenvalue weighted by Crippen LogP contribution is 2.25. The first-order valence-corrected chi connectivity index (χ1v) is 8.49. The van der Waals surface area contributed by atoms with Crippen molar-refractivity contribution in [2.75, 3.05) is 23.3 Å². The van der Waals surface area contributed by atoms with Crippen molar-refractivity contribution in [1.82, 2.24) is 19.7 Å². The summed E-state index contributed by atoms with van der Waals surface area (Å²) in [6.45, 7) is 4.14. The van der Waals surface area contributed by atoms with Gasteiger partial charge < -0.3 is 10.2 Å². The molecule has 1 saturated heterocycles. The van der Waals surface area contributed by atoms with Gasteiger partial charge in [0.25, 0.3) is 0 Å². The van der Waals surface area contributed by atoms with Gasteiger partial charge in [-0.3, -0.25) is 4.79 Å². The number of aromatic nitrogens is 4. The SMILES string of the molecule is Cc1ccc(NC(=O)Cn2ncc3c(N4CCCC4)ncnc32)cc1. The number of carbonyl (C=O) groups is 1. The highest BCUT2D eigenvalue weighted by Gasteiger charge is 2.19. The maximum Gasteiger partial charge on any atom is 0.246 e. The molecule has 0 spiro atoms. The molecule has 0 atom stereocenters. The first-order chi connectivity index (χ1) is 12.2. The minimum absolute atomic E-state index is 0.119. The second-order valence-corrected chi connectivity index (χ2v) is 6.35. The van der Waals surface area contributed by atoms with Crippen LogP contribution >= 0.6 is 0 Å². The van der Waals surface area contributed by atoms with Crippen LogP contribution in [0.1, 0.15) is 18.4 Å². The second kappa shape index (κ2) is 6.51. The Kier molecular flexibility index (Phi) is 4.05. The molecule has 2 aromatic heterocycles. The number of hydrogen-bond donors (Lipinski definition) is 1. The minimum atomic E-state index is -0.129. The third-order valence-corrected chi connectivity index (χ3v) is 4.45. The Balaban J connectivity index is 1.54. The number of nitrogens with one attached hydrogen (secondary N) is 1. The molecule has 1 aliphatic heterocycles. The Morgan fingerprint density at radius 3 is 2.68 bits per heavy atom. The fraction of sp³-hybridized carbons (Fsp3) is 0.333. The highest BCUT2D eigenvalue weighted by atomic mass is 16.2. The van der Waals surface area contributed by atoms with Crippen LogP contribution in [0.15, 0.2) is 36.8 Å². The van der Waals surface area contributed by atoms with Gasteiger partial charge in [-0.1, -0.05) is 17.7 Å². The predicted molar refractivity (Wildman–Crippen MR) is 96.6 cm³/mol. The van der Waals surface area contributed by atoms with Crippen molar-refractivity contribution in [1.29, 1.82) is 0 Å². The number of anilines is 2. The molecule has 7 heteroatoms. The van der Waals surface area contributed by atoms with Crippen molar-refractivity contribution < 1.29 is 4.79 Å². The van der Waals surface area contributed by atoms with E-state index in [0.29, 0.717) is 5.65 Å². The number of benzene rings is 1. The Morgan fingerprint density at radius 2 is 1.92 bits per heavy atom. The Bertz CT molecular complexity index is 896. The van der Waals surface area contributed by atoms with E-state index >= 15 is 0 Å². The molecule has 0 aliphatic carbocycles. The first-order valence-electron chi connectivity index (χ1n) is 8.49. The van der Waals surface area contributed by atoms with Crippen LogP contribution in [0, 0.1) is 6.92 Å². The zero-order valence-corrected chi connectivity index (χ0v) is 14.1. The van der Waals surface area contributed by atoms with E-state index in [9.17, 15) is 4.79 Å². The van der Waals surface area contributed by atoms with Gasteiger partial charge in [-0.2, -0.15) is 5.10 Å². The van der Waals surface area contributed by atoms with Crippen molar-refractivity contribution in [3.8, 4) is 0 Å². The summed E-state index contributed by atoms with van der Waals surface area (Å²) in [5.41, 5.74) is 2.62. The van der Waals surface area contributed by atoms with Crippen LogP contribution in [0.4, 0.5) is 11.5 Å². The minimum Gasteiger partial charge on any atom is -0.356 e. The Labute approximate surface area is 145 Å². The molecule has 1 aromatic carbocycles. The highest BCUT2D eigenvalue weighted by molar-refractivity contribution is 5.92. The fourth-order valence-corrected chi connectivity index (χ4v) is 3.15. The van der Waals surface area contributed by atoms with E-state index in [1.807, 2.05) is 31.2 Å². The molecule has 7 nitrogen and oxygen atoms in total. The lowest BCUT2D eigenvalue weighted by Gasteiger charge is -2.16. The standard InChI is InChI=1S/C18H20N6O/c1-13-4-6-14(7-5-13)22-16(25)11-24-18-15(10-21-24)17(19-12-20-18)23-8-2-3-9-23/h4-7,10,12H,2-3,8-9,11H2,1H3,(H,22,25). The molecule has 3 aromatic rings. The second-order valence-electron chi connectivity index (χ2n) is 6.35. The molecule has 1 N–H and O–H groups in total. The maximum atomic E-state index is 12.3. The summed E-state index contributed by atoms with van der Waals surface area (Å²) in [5, 5.41) is 8.13. The predicted octanol–water partition coefficient (Wildman–Crippen LogP) is 2.37. The average Bonchev–Trinajstić information content (AvgIpc) is 3.27. The van der Waals surface area contributed by atoms with Gasteiger partial charge in [0.1, 0.15) is 18.7 Å². The van der Waals surface area contributed by atoms with Crippen molar-refractivity contribution in [3.63, 3.8) is 0 Å². The summed E-state index contributed by atoms with van der Waals surface area (Å²) < 4.78 is 1.63. The molecule has 0 unspecified atom stereocenters. The quantitative estimate of drug-likeness (QED) is 0.791. The van der Waals surface area contributed by atoms with Gasteiger partial charge in [0.15, 0.2) is 5.65 Å². The van der Waals surface area contributed by atoms with Crippen molar-refractivity contribution in [2.24, 2.45) is 0 Å². The molecular formula is C18H20N6O. The molecule has 128 valence electrons. The zero-order valence-electron chi connectivity index (χ0n) is 14.1. The molecule has 1 fully saturated rings. The van der Waals surface area contributed by atoms with E-state index in [2.05, 4.69) is 25.3 Å². The zero-order chi connectivity index (χ0) is 17.2. The van der Waals surface area contributed by atoms with Crippen LogP contribution in [-0.4, -0.2) is 38.7 Å². The number of rotatable bonds is 4. The van der Waals surface area contributed by atoms with Crippen LogP contribution in [0.5, 0.6) is 0 Å². The van der Waals surface area contributed by atoms with Crippen molar-refractivity contribution in [2.45, 2.75) is 26.3 Å². The van der Waals surface area contributed by atoms with E-state index in [1.165, 1.54) is 12.8 Å². The Hall–Kier alpha value is -2.96. The van der Waals surface area contributed by atoms with Crippen molar-refractivity contribution in [3.05, 3.63) is 42.4 Å². The molecule has 3 heterocycles. The number of hydrogen-bond acceptors (Lipinski definition) is 5. The molecule has 1 aliphatic rings. The summed E-state index contributed by atoms with van der Waals surface area (Å²) in [5.74, 6) is 0.780. The Morgan fingerprint density at radius 1 is 1.16 bits per heavy atom. The van der Waals surface area contributed by atoms with E-state index in [-0.39, 0.29) is 12.5 Å². The number of aryl methyl sites for hydroxylation is 1. The van der Waals surface area contributed by atoms with Crippen LogP contribution in [0.2, 0.25) is 0 Å². The molecule has 1 amide bonds. The molecule has 4 rings (SSSR count). The average molecular weight is 336 g/mol. The largest absolute Gasteiger partial charge is 0.356 e. The lowest BCUT2D eigenvalue weighted by atomic mass is 10.2. The van der Waals surface area contributed by atoms with Crippen LogP contribution in [-0.2, 0) is 11.3 Å². The number of fused-ring (bicyclic) bond motifs is 1. The summed E-state index contributed by atoms with van der Waals surface area (Å²) in [4.78, 5) is 23.3. The normalized spacial score (nSPS) is 14.2. The molecular weight excluding hydrogens is 316 g/mol. The molecule has 0 saturated carbocycles. The van der Waals surface area contributed by atoms with Crippen molar-refractivity contribution >= 4 is 28.4 Å². The summed E-state index contributed by atoms with van der Waals surface area (Å²) in [7, 11) is 0. The summed E-state index contributed by atoms with van der Waals surface area (Å²) >= 11 is 0. The van der Waals surface area contributed by atoms with Gasteiger partial charge in [-0.15, -0.1) is 0 Å². The number of nitrogens with zero attached hydrogens (tertiary/aromatic N) is 5. The third-order valence-electron chi connectivity index (χ3n) is 4.45. The van der Waals surface area contributed by atoms with E-state index in [1.54, 1.807) is 17.2 Å². The first kappa shape index (κ1) is 15.6. The topological polar surface area (TPSA) is 75.9 Å². The van der Waals surface area contributed by atoms with Gasteiger partial charge >= 0.3 is 0 Å². The van der Waals surface area contributed by atoms with Gasteiger partial charge in [0.2, 0.25) is 5.91 Å². The van der Waals surface area contributed by atoms with E-state index in [4.69, 9.17) is 0 Å². The number of carbonyl (C=O) groups excluding carboxylic acids is 1. The third kappa shape index (κ3) is 3.17. The smallest absolute Gasteiger partial charge is 0.246 e. The van der Waals surface area contributed by atoms with Gasteiger partial charge in [0, 0.05) is 18.8 Å². The lowest BCUT2D eigenvalue weighted by Crippen LogP contribution is -2.20. The maximum absolute atomic E-state index is 12.3. The fourth-order valence-electron chi connectivity index (χ4n) is 3.15. The van der Waals surface area contributed by atoms with Crippen LogP contribution < -0.4 is 10.2 Å². The lowest BCUT2D eigenvalue weighted by molar-refractivity contribution is -0.116.